The lowest BCUT2D eigenvalue weighted by atomic mass is 10.2. The molecule has 2 rings (SSSR count). The van der Waals surface area contributed by atoms with Gasteiger partial charge in [0.05, 0.1) is 6.42 Å². The number of benzene rings is 1. The zero-order valence-corrected chi connectivity index (χ0v) is 9.89. The fourth-order valence-corrected chi connectivity index (χ4v) is 1.73. The molecule has 1 N–H and O–H groups in total. The molecular weight excluding hydrogens is 267 g/mol. The molecule has 2 aromatic rings. The third kappa shape index (κ3) is 3.01. The second-order valence-corrected chi connectivity index (χ2v) is 4.03. The highest BCUT2D eigenvalue weighted by Crippen LogP contribution is 2.26. The first-order valence-electron chi connectivity index (χ1n) is 5.19. The molecule has 18 heavy (non-hydrogen) atoms. The lowest BCUT2D eigenvalue weighted by Gasteiger charge is -2.10. The fourth-order valence-electron chi connectivity index (χ4n) is 1.52. The summed E-state index contributed by atoms with van der Waals surface area (Å²) in [5, 5.41) is 11.6. The molecule has 0 aliphatic heterocycles. The Labute approximate surface area is 106 Å². The van der Waals surface area contributed by atoms with E-state index in [9.17, 15) is 13.2 Å². The van der Waals surface area contributed by atoms with Gasteiger partial charge in [0.2, 0.25) is 0 Å². The Kier molecular flexibility index (Phi) is 3.56. The number of nitrogens with one attached hydrogen (secondary N) is 1. The second-order valence-electron chi connectivity index (χ2n) is 3.68. The smallest absolute Gasteiger partial charge is 0.368 e. The monoisotopic (exact) mass is 275 g/mol. The van der Waals surface area contributed by atoms with Crippen molar-refractivity contribution in [2.24, 2.45) is 0 Å². The Bertz CT molecular complexity index is 557. The summed E-state index contributed by atoms with van der Waals surface area (Å²) in [7, 11) is 0. The molecule has 0 spiro atoms. The fraction of sp³-hybridized carbons (Fsp3) is 0.273. The molecular formula is C11H9ClF3N3. The molecule has 3 nitrogen and oxygen atoms in total. The third-order valence-corrected chi connectivity index (χ3v) is 2.62. The van der Waals surface area contributed by atoms with Gasteiger partial charge in [0.15, 0.2) is 11.0 Å². The van der Waals surface area contributed by atoms with Crippen LogP contribution < -0.4 is 5.32 Å². The Morgan fingerprint density at radius 3 is 2.44 bits per heavy atom. The maximum atomic E-state index is 12.0. The van der Waals surface area contributed by atoms with Crippen LogP contribution in [0.4, 0.5) is 19.0 Å². The molecule has 0 amide bonds. The lowest BCUT2D eigenvalue weighted by molar-refractivity contribution is -0.131. The predicted octanol–water partition coefficient (Wildman–Crippen LogP) is 3.65. The van der Waals surface area contributed by atoms with Crippen LogP contribution in [0.2, 0.25) is 5.15 Å². The van der Waals surface area contributed by atoms with Gasteiger partial charge in [-0.3, -0.25) is 0 Å². The van der Waals surface area contributed by atoms with Crippen LogP contribution in [-0.4, -0.2) is 22.9 Å². The van der Waals surface area contributed by atoms with Crippen LogP contribution in [0.15, 0.2) is 24.3 Å². The first-order valence-corrected chi connectivity index (χ1v) is 5.57. The minimum absolute atomic E-state index is 0.229. The van der Waals surface area contributed by atoms with E-state index in [1.54, 1.807) is 24.3 Å². The van der Waals surface area contributed by atoms with Crippen LogP contribution >= 0.6 is 11.6 Å². The summed E-state index contributed by atoms with van der Waals surface area (Å²) in [5.74, 6) is 0.305. The quantitative estimate of drug-likeness (QED) is 0.929. The Balaban J connectivity index is 2.21. The van der Waals surface area contributed by atoms with Crippen molar-refractivity contribution in [2.75, 3.05) is 11.9 Å². The van der Waals surface area contributed by atoms with E-state index in [0.29, 0.717) is 16.6 Å². The summed E-state index contributed by atoms with van der Waals surface area (Å²) in [5.41, 5.74) is 0. The molecule has 0 fully saturated rings. The largest absolute Gasteiger partial charge is 0.390 e. The van der Waals surface area contributed by atoms with Crippen LogP contribution in [0.1, 0.15) is 6.42 Å². The number of halogens is 4. The number of hydrogen-bond acceptors (Lipinski definition) is 3. The highest BCUT2D eigenvalue weighted by molar-refractivity contribution is 6.34. The van der Waals surface area contributed by atoms with Gasteiger partial charge < -0.3 is 5.32 Å². The van der Waals surface area contributed by atoms with E-state index in [1.807, 2.05) is 0 Å². The number of rotatable bonds is 3. The summed E-state index contributed by atoms with van der Waals surface area (Å²) in [6.07, 6.45) is -5.12. The number of anilines is 1. The molecule has 1 aromatic carbocycles. The van der Waals surface area contributed by atoms with Crippen molar-refractivity contribution in [3.8, 4) is 0 Å². The molecule has 0 atom stereocenters. The van der Waals surface area contributed by atoms with Crippen molar-refractivity contribution in [3.63, 3.8) is 0 Å². The molecule has 0 aliphatic rings. The topological polar surface area (TPSA) is 37.8 Å². The van der Waals surface area contributed by atoms with E-state index >= 15 is 0 Å². The summed E-state index contributed by atoms with van der Waals surface area (Å²) < 4.78 is 36.1. The SMILES string of the molecule is FC(F)(F)CCNc1nnc(Cl)c2ccccc12. The first kappa shape index (κ1) is 12.9. The standard InChI is InChI=1S/C11H9ClF3N3/c12-9-7-3-1-2-4-8(7)10(18-17-9)16-6-5-11(13,14)15/h1-4H,5-6H2,(H,16,18). The molecule has 0 aliphatic carbocycles. The van der Waals surface area contributed by atoms with Gasteiger partial charge in [-0.1, -0.05) is 35.9 Å². The highest BCUT2D eigenvalue weighted by atomic mass is 35.5. The summed E-state index contributed by atoms with van der Waals surface area (Å²) in [6.45, 7) is -0.246. The molecule has 0 radical (unpaired) electrons. The average molecular weight is 276 g/mol. The molecule has 1 heterocycles. The Hall–Kier alpha value is -1.56. The Morgan fingerprint density at radius 1 is 1.11 bits per heavy atom. The van der Waals surface area contributed by atoms with Gasteiger partial charge in [-0.25, -0.2) is 0 Å². The van der Waals surface area contributed by atoms with E-state index < -0.39 is 12.6 Å². The van der Waals surface area contributed by atoms with E-state index in [2.05, 4.69) is 15.5 Å². The van der Waals surface area contributed by atoms with Gasteiger partial charge in [0.1, 0.15) is 0 Å². The van der Waals surface area contributed by atoms with Gasteiger partial charge in [-0.05, 0) is 0 Å². The normalized spacial score (nSPS) is 11.8. The van der Waals surface area contributed by atoms with E-state index in [1.165, 1.54) is 0 Å². The van der Waals surface area contributed by atoms with Crippen LogP contribution in [0.3, 0.4) is 0 Å². The molecule has 0 saturated heterocycles. The van der Waals surface area contributed by atoms with Crippen molar-refractivity contribution < 1.29 is 13.2 Å². The number of hydrogen-bond donors (Lipinski definition) is 1. The molecule has 0 bridgehead atoms. The molecule has 96 valence electrons. The van der Waals surface area contributed by atoms with E-state index in [0.717, 1.165) is 0 Å². The molecule has 0 saturated carbocycles. The first-order chi connectivity index (χ1) is 8.47. The summed E-state index contributed by atoms with van der Waals surface area (Å²) in [6, 6.07) is 7.00. The van der Waals surface area contributed by atoms with Gasteiger partial charge in [-0.15, -0.1) is 10.2 Å². The van der Waals surface area contributed by atoms with Crippen LogP contribution in [0.5, 0.6) is 0 Å². The maximum absolute atomic E-state index is 12.0. The molecule has 7 heteroatoms. The van der Waals surface area contributed by atoms with Crippen molar-refractivity contribution in [2.45, 2.75) is 12.6 Å². The van der Waals surface area contributed by atoms with E-state index in [4.69, 9.17) is 11.6 Å². The maximum Gasteiger partial charge on any atom is 0.390 e. The predicted molar refractivity (Wildman–Crippen MR) is 63.7 cm³/mol. The molecule has 1 aromatic heterocycles. The summed E-state index contributed by atoms with van der Waals surface area (Å²) >= 11 is 5.85. The zero-order chi connectivity index (χ0) is 13.2. The minimum atomic E-state index is -4.19. The van der Waals surface area contributed by atoms with Gasteiger partial charge in [-0.2, -0.15) is 13.2 Å². The Morgan fingerprint density at radius 2 is 1.78 bits per heavy atom. The average Bonchev–Trinajstić information content (AvgIpc) is 2.31. The van der Waals surface area contributed by atoms with Crippen LogP contribution in [0.25, 0.3) is 10.8 Å². The highest BCUT2D eigenvalue weighted by Gasteiger charge is 2.26. The number of nitrogens with zero attached hydrogens (tertiary/aromatic N) is 2. The number of aromatic nitrogens is 2. The second kappa shape index (κ2) is 4.97. The zero-order valence-electron chi connectivity index (χ0n) is 9.13. The molecule has 0 unspecified atom stereocenters. The van der Waals surface area contributed by atoms with Crippen molar-refractivity contribution >= 4 is 28.2 Å². The van der Waals surface area contributed by atoms with Crippen molar-refractivity contribution in [3.05, 3.63) is 29.4 Å². The van der Waals surface area contributed by atoms with Crippen LogP contribution in [0, 0.1) is 0 Å². The number of alkyl halides is 3. The van der Waals surface area contributed by atoms with E-state index in [-0.39, 0.29) is 11.7 Å². The van der Waals surface area contributed by atoms with Crippen molar-refractivity contribution in [1.82, 2.24) is 10.2 Å². The summed E-state index contributed by atoms with van der Waals surface area (Å²) in [4.78, 5) is 0. The van der Waals surface area contributed by atoms with Gasteiger partial charge >= 0.3 is 6.18 Å². The lowest BCUT2D eigenvalue weighted by Crippen LogP contribution is -2.15. The number of fused-ring (bicyclic) bond motifs is 1. The minimum Gasteiger partial charge on any atom is -0.368 e. The van der Waals surface area contributed by atoms with Gasteiger partial charge in [0, 0.05) is 17.3 Å². The van der Waals surface area contributed by atoms with Crippen LogP contribution in [-0.2, 0) is 0 Å². The van der Waals surface area contributed by atoms with Crippen molar-refractivity contribution in [1.29, 1.82) is 0 Å². The third-order valence-electron chi connectivity index (χ3n) is 2.34. The van der Waals surface area contributed by atoms with Gasteiger partial charge in [0.25, 0.3) is 0 Å².